The average molecular weight is 415 g/mol. The first kappa shape index (κ1) is 16.2. The van der Waals surface area contributed by atoms with E-state index >= 15 is 0 Å². The predicted molar refractivity (Wildman–Crippen MR) is 104 cm³/mol. The summed E-state index contributed by atoms with van der Waals surface area (Å²) >= 11 is 8.83. The number of aromatic amines is 2. The summed E-state index contributed by atoms with van der Waals surface area (Å²) in [5, 5.41) is 19.1. The molecule has 0 fully saturated rings. The zero-order chi connectivity index (χ0) is 17.2. The Hall–Kier alpha value is -2.32. The molecule has 1 aliphatic rings. The molecule has 2 N–H and O–H groups in total. The molecule has 1 aliphatic carbocycles. The predicted octanol–water partition coefficient (Wildman–Crippen LogP) is 4.09. The van der Waals surface area contributed by atoms with Crippen molar-refractivity contribution in [2.45, 2.75) is 19.3 Å². The maximum absolute atomic E-state index is 5.31. The molecule has 4 rings (SSSR count). The Kier molecular flexibility index (Phi) is 4.46. The molecule has 8 heteroatoms. The summed E-state index contributed by atoms with van der Waals surface area (Å²) in [6.07, 6.45) is 6.86. The fourth-order valence-electron chi connectivity index (χ4n) is 2.91. The van der Waals surface area contributed by atoms with Gasteiger partial charge in [-0.05, 0) is 59.0 Å². The van der Waals surface area contributed by atoms with E-state index in [1.165, 1.54) is 11.3 Å². The molecule has 25 heavy (non-hydrogen) atoms. The van der Waals surface area contributed by atoms with Crippen LogP contribution in [0.4, 0.5) is 0 Å². The summed E-state index contributed by atoms with van der Waals surface area (Å²) in [5.41, 5.74) is 4.30. The lowest BCUT2D eigenvalue weighted by molar-refractivity contribution is 0.844. The van der Waals surface area contributed by atoms with Crippen LogP contribution in [0.15, 0.2) is 39.9 Å². The highest BCUT2D eigenvalue weighted by Crippen LogP contribution is 2.29. The van der Waals surface area contributed by atoms with Crippen LogP contribution in [0.5, 0.6) is 0 Å². The smallest absolute Gasteiger partial charge is 0.216 e. The lowest BCUT2D eigenvalue weighted by Crippen LogP contribution is -1.97. The van der Waals surface area contributed by atoms with Crippen molar-refractivity contribution in [1.29, 1.82) is 0 Å². The monoisotopic (exact) mass is 414 g/mol. The number of allylic oxidation sites excluding steroid dienone is 1. The molecule has 0 spiro atoms. The van der Waals surface area contributed by atoms with Crippen LogP contribution in [0, 0.1) is 4.77 Å². The second kappa shape index (κ2) is 6.89. The van der Waals surface area contributed by atoms with Crippen LogP contribution in [0.3, 0.4) is 0 Å². The quantitative estimate of drug-likeness (QED) is 0.498. The Morgan fingerprint density at radius 2 is 2.04 bits per heavy atom. The summed E-state index contributed by atoms with van der Waals surface area (Å²) in [6.45, 7) is 0. The van der Waals surface area contributed by atoms with Crippen LogP contribution in [-0.4, -0.2) is 31.3 Å². The Morgan fingerprint density at radius 3 is 2.88 bits per heavy atom. The summed E-state index contributed by atoms with van der Waals surface area (Å²) in [4.78, 5) is 0. The van der Waals surface area contributed by atoms with Crippen LogP contribution < -0.4 is 0 Å². The molecule has 3 aromatic rings. The number of benzene rings is 1. The highest BCUT2D eigenvalue weighted by atomic mass is 79.9. The number of H-pyrrole nitrogens is 2. The van der Waals surface area contributed by atoms with Crippen LogP contribution in [0.2, 0.25) is 0 Å². The molecule has 6 nitrogen and oxygen atoms in total. The minimum atomic E-state index is 0.431. The minimum absolute atomic E-state index is 0.431. The van der Waals surface area contributed by atoms with Crippen molar-refractivity contribution in [3.05, 3.63) is 56.4 Å². The summed E-state index contributed by atoms with van der Waals surface area (Å²) < 4.78 is 2.87. The Bertz CT molecular complexity index is 1010. The normalized spacial score (nSPS) is 14.4. The number of nitrogens with one attached hydrogen (secondary N) is 2. The first-order valence-corrected chi connectivity index (χ1v) is 9.13. The minimum Gasteiger partial charge on any atom is -0.282 e. The molecule has 0 unspecified atom stereocenters. The maximum Gasteiger partial charge on any atom is 0.216 e. The third kappa shape index (κ3) is 3.27. The van der Waals surface area contributed by atoms with Crippen molar-refractivity contribution in [3.8, 4) is 11.5 Å². The van der Waals surface area contributed by atoms with Gasteiger partial charge in [-0.3, -0.25) is 5.10 Å². The molecule has 2 heterocycles. The molecule has 0 atom stereocenters. The van der Waals surface area contributed by atoms with Gasteiger partial charge in [0.25, 0.3) is 0 Å². The zero-order valence-corrected chi connectivity index (χ0v) is 15.6. The topological polar surface area (TPSA) is 74.7 Å². The van der Waals surface area contributed by atoms with E-state index < -0.39 is 0 Å². The van der Waals surface area contributed by atoms with Crippen LogP contribution >= 0.6 is 28.1 Å². The number of fused-ring (bicyclic) bond motifs is 1. The lowest BCUT2D eigenvalue weighted by atomic mass is 10.2. The first-order valence-electron chi connectivity index (χ1n) is 7.93. The molecule has 0 radical (unpaired) electrons. The highest BCUT2D eigenvalue weighted by Gasteiger charge is 2.23. The molecular formula is C17H15BrN6S. The molecule has 2 aromatic heterocycles. The second-order valence-electron chi connectivity index (χ2n) is 5.73. The number of hydrogen-bond acceptors (Lipinski definition) is 4. The summed E-state index contributed by atoms with van der Waals surface area (Å²) in [5.74, 6) is 0.626. The van der Waals surface area contributed by atoms with E-state index in [1.807, 2.05) is 36.4 Å². The molecule has 0 saturated carbocycles. The molecule has 0 bridgehead atoms. The van der Waals surface area contributed by atoms with Crippen molar-refractivity contribution >= 4 is 40.4 Å². The third-order valence-corrected chi connectivity index (χ3v) is 4.77. The molecule has 0 saturated heterocycles. The van der Waals surface area contributed by atoms with Crippen molar-refractivity contribution in [3.63, 3.8) is 0 Å². The zero-order valence-electron chi connectivity index (χ0n) is 13.2. The van der Waals surface area contributed by atoms with E-state index in [0.29, 0.717) is 10.6 Å². The number of aromatic nitrogens is 5. The number of hydrogen-bond donors (Lipinski definition) is 2. The van der Waals surface area contributed by atoms with Crippen LogP contribution in [0.1, 0.15) is 23.2 Å². The van der Waals surface area contributed by atoms with Gasteiger partial charge in [0.2, 0.25) is 10.6 Å². The fraction of sp³-hybridized carbons (Fsp3) is 0.176. The van der Waals surface area contributed by atoms with E-state index in [1.54, 1.807) is 10.9 Å². The van der Waals surface area contributed by atoms with Gasteiger partial charge in [0.15, 0.2) is 0 Å². The maximum atomic E-state index is 5.31. The van der Waals surface area contributed by atoms with Crippen molar-refractivity contribution in [2.75, 3.05) is 0 Å². The van der Waals surface area contributed by atoms with Gasteiger partial charge in [-0.1, -0.05) is 30.3 Å². The largest absolute Gasteiger partial charge is 0.282 e. The van der Waals surface area contributed by atoms with Crippen molar-refractivity contribution < 1.29 is 0 Å². The summed E-state index contributed by atoms with van der Waals surface area (Å²) in [6, 6.07) is 10.0. The Labute approximate surface area is 157 Å². The van der Waals surface area contributed by atoms with E-state index in [9.17, 15) is 0 Å². The molecule has 1 aromatic carbocycles. The van der Waals surface area contributed by atoms with Gasteiger partial charge in [-0.15, -0.1) is 0 Å². The number of rotatable bonds is 4. The van der Waals surface area contributed by atoms with E-state index in [-0.39, 0.29) is 0 Å². The van der Waals surface area contributed by atoms with Gasteiger partial charge in [-0.2, -0.15) is 20.0 Å². The van der Waals surface area contributed by atoms with E-state index in [2.05, 4.69) is 41.4 Å². The summed E-state index contributed by atoms with van der Waals surface area (Å²) in [7, 11) is 0. The molecule has 0 aliphatic heterocycles. The average Bonchev–Trinajstić information content (AvgIpc) is 3.30. The van der Waals surface area contributed by atoms with Gasteiger partial charge in [0.05, 0.1) is 6.21 Å². The van der Waals surface area contributed by atoms with Gasteiger partial charge in [0.1, 0.15) is 5.69 Å². The van der Waals surface area contributed by atoms with E-state index in [0.717, 1.165) is 35.0 Å². The third-order valence-electron chi connectivity index (χ3n) is 4.07. The van der Waals surface area contributed by atoms with Crippen molar-refractivity contribution in [2.24, 2.45) is 5.10 Å². The highest BCUT2D eigenvalue weighted by molar-refractivity contribution is 9.12. The first-order chi connectivity index (χ1) is 12.2. The Morgan fingerprint density at radius 1 is 1.20 bits per heavy atom. The van der Waals surface area contributed by atoms with Gasteiger partial charge < -0.3 is 0 Å². The molecular weight excluding hydrogens is 400 g/mol. The second-order valence-corrected chi connectivity index (χ2v) is 7.03. The SMILES string of the molecule is S=c1[nH]nc(-c2n[nH]c3c2CCC3)n1/N=C/C(Br)=C/c1ccccc1. The van der Waals surface area contributed by atoms with Gasteiger partial charge >= 0.3 is 0 Å². The number of nitrogens with zero attached hydrogens (tertiary/aromatic N) is 4. The standard InChI is InChI=1S/C17H15BrN6S/c18-12(9-11-5-2-1-3-6-11)10-19-24-16(22-23-17(24)25)15-13-7-4-8-14(13)20-21-15/h1-3,5-6,9-10H,4,7-8H2,(H,20,21)(H,23,25)/b12-9-,19-10+. The van der Waals surface area contributed by atoms with Gasteiger partial charge in [0, 0.05) is 15.7 Å². The van der Waals surface area contributed by atoms with Crippen LogP contribution in [0.25, 0.3) is 17.6 Å². The van der Waals surface area contributed by atoms with Crippen LogP contribution in [-0.2, 0) is 12.8 Å². The number of aryl methyl sites for hydroxylation is 1. The lowest BCUT2D eigenvalue weighted by Gasteiger charge is -1.99. The van der Waals surface area contributed by atoms with E-state index in [4.69, 9.17) is 12.2 Å². The number of halogens is 1. The molecule has 0 amide bonds. The fourth-order valence-corrected chi connectivity index (χ4v) is 3.45. The van der Waals surface area contributed by atoms with Crippen molar-refractivity contribution in [1.82, 2.24) is 25.1 Å². The van der Waals surface area contributed by atoms with Gasteiger partial charge in [-0.25, -0.2) is 5.10 Å². The Balaban J connectivity index is 1.66. The molecule has 126 valence electrons.